The van der Waals surface area contributed by atoms with Crippen molar-refractivity contribution in [1.82, 2.24) is 4.72 Å². The summed E-state index contributed by atoms with van der Waals surface area (Å²) in [5.74, 6) is -0.999. The first kappa shape index (κ1) is 17.7. The molecule has 0 radical (unpaired) electrons. The lowest BCUT2D eigenvalue weighted by Crippen LogP contribution is -2.32. The standard InChI is InChI=1S/C16H19NO4S2/c1-11(2)16(13-7-5-9-22-13)17-23(20,21)14-8-4-3-6-12(14)10-15(18)19/h3-9,11,16-17H,10H2,1-2H3,(H,18,19). The van der Waals surface area contributed by atoms with E-state index in [1.165, 1.54) is 23.5 Å². The van der Waals surface area contributed by atoms with Gasteiger partial charge in [-0.2, -0.15) is 0 Å². The summed E-state index contributed by atoms with van der Waals surface area (Å²) < 4.78 is 28.2. The first-order valence-electron chi connectivity index (χ1n) is 7.16. The van der Waals surface area contributed by atoms with Crippen LogP contribution >= 0.6 is 11.3 Å². The van der Waals surface area contributed by atoms with Crippen LogP contribution in [0.3, 0.4) is 0 Å². The van der Waals surface area contributed by atoms with Gasteiger partial charge in [0.05, 0.1) is 17.4 Å². The minimum atomic E-state index is -3.81. The van der Waals surface area contributed by atoms with E-state index in [0.29, 0.717) is 0 Å². The molecule has 1 unspecified atom stereocenters. The summed E-state index contributed by atoms with van der Waals surface area (Å²) in [5, 5.41) is 10.9. The zero-order valence-corrected chi connectivity index (χ0v) is 14.5. The molecule has 2 N–H and O–H groups in total. The van der Waals surface area contributed by atoms with Crippen molar-refractivity contribution in [3.8, 4) is 0 Å². The molecule has 5 nitrogen and oxygen atoms in total. The monoisotopic (exact) mass is 353 g/mol. The lowest BCUT2D eigenvalue weighted by molar-refractivity contribution is -0.136. The van der Waals surface area contributed by atoms with E-state index in [1.807, 2.05) is 31.4 Å². The summed E-state index contributed by atoms with van der Waals surface area (Å²) in [7, 11) is -3.81. The molecular formula is C16H19NO4S2. The first-order chi connectivity index (χ1) is 10.8. The fraction of sp³-hybridized carbons (Fsp3) is 0.312. The number of carbonyl (C=O) groups is 1. The van der Waals surface area contributed by atoms with Gasteiger partial charge < -0.3 is 5.11 Å². The minimum absolute atomic E-state index is 0.0182. The van der Waals surface area contributed by atoms with Crippen LogP contribution in [-0.2, 0) is 21.2 Å². The summed E-state index contributed by atoms with van der Waals surface area (Å²) in [6, 6.07) is 9.61. The van der Waals surface area contributed by atoms with Gasteiger partial charge in [0.25, 0.3) is 0 Å². The summed E-state index contributed by atoms with van der Waals surface area (Å²) in [4.78, 5) is 11.9. The van der Waals surface area contributed by atoms with Crippen molar-refractivity contribution in [3.05, 3.63) is 52.2 Å². The van der Waals surface area contributed by atoms with E-state index in [9.17, 15) is 13.2 Å². The van der Waals surface area contributed by atoms with Crippen molar-refractivity contribution >= 4 is 27.3 Å². The van der Waals surface area contributed by atoms with Crippen LogP contribution in [0.1, 0.15) is 30.3 Å². The average Bonchev–Trinajstić information content (AvgIpc) is 2.98. The maximum Gasteiger partial charge on any atom is 0.307 e. The number of aliphatic carboxylic acids is 1. The zero-order chi connectivity index (χ0) is 17.0. The Balaban J connectivity index is 2.37. The molecule has 0 spiro atoms. The molecule has 2 aromatic rings. The molecule has 0 aliphatic rings. The van der Waals surface area contributed by atoms with Gasteiger partial charge in [-0.15, -0.1) is 11.3 Å². The second-order valence-electron chi connectivity index (χ2n) is 5.54. The highest BCUT2D eigenvalue weighted by Crippen LogP contribution is 2.28. The number of carboxylic acids is 1. The number of benzene rings is 1. The van der Waals surface area contributed by atoms with Crippen molar-refractivity contribution < 1.29 is 18.3 Å². The predicted molar refractivity (Wildman–Crippen MR) is 90.0 cm³/mol. The van der Waals surface area contributed by atoms with E-state index in [4.69, 9.17) is 5.11 Å². The van der Waals surface area contributed by atoms with E-state index < -0.39 is 16.0 Å². The van der Waals surface area contributed by atoms with Gasteiger partial charge in [-0.05, 0) is 29.0 Å². The minimum Gasteiger partial charge on any atom is -0.481 e. The molecule has 0 aliphatic heterocycles. The van der Waals surface area contributed by atoms with Gasteiger partial charge in [-0.25, -0.2) is 13.1 Å². The van der Waals surface area contributed by atoms with E-state index in [2.05, 4.69) is 4.72 Å². The molecule has 0 amide bonds. The molecule has 0 fully saturated rings. The maximum atomic E-state index is 12.7. The Morgan fingerprint density at radius 3 is 2.48 bits per heavy atom. The Labute approximate surface area is 140 Å². The Hall–Kier alpha value is -1.70. The molecule has 124 valence electrons. The van der Waals surface area contributed by atoms with Crippen LogP contribution in [-0.4, -0.2) is 19.5 Å². The van der Waals surface area contributed by atoms with E-state index in [1.54, 1.807) is 12.1 Å². The number of sulfonamides is 1. The van der Waals surface area contributed by atoms with E-state index in [0.717, 1.165) is 4.88 Å². The van der Waals surface area contributed by atoms with Crippen LogP contribution in [0, 0.1) is 5.92 Å². The molecule has 0 aliphatic carbocycles. The summed E-state index contributed by atoms with van der Waals surface area (Å²) in [5.41, 5.74) is 0.279. The number of carboxylic acid groups (broad SMARTS) is 1. The van der Waals surface area contributed by atoms with Crippen molar-refractivity contribution in [2.45, 2.75) is 31.2 Å². The molecule has 0 bridgehead atoms. The van der Waals surface area contributed by atoms with Gasteiger partial charge in [0, 0.05) is 4.88 Å². The number of hydrogen-bond donors (Lipinski definition) is 2. The van der Waals surface area contributed by atoms with Crippen LogP contribution in [0.5, 0.6) is 0 Å². The molecular weight excluding hydrogens is 334 g/mol. The van der Waals surface area contributed by atoms with Crippen LogP contribution in [0.2, 0.25) is 0 Å². The molecule has 1 atom stereocenters. The topological polar surface area (TPSA) is 83.5 Å². The number of hydrogen-bond acceptors (Lipinski definition) is 4. The summed E-state index contributed by atoms with van der Waals surface area (Å²) in [6.45, 7) is 3.88. The first-order valence-corrected chi connectivity index (χ1v) is 9.53. The second kappa shape index (κ2) is 7.25. The second-order valence-corrected chi connectivity index (χ2v) is 8.20. The van der Waals surface area contributed by atoms with Crippen LogP contribution in [0.25, 0.3) is 0 Å². The maximum absolute atomic E-state index is 12.7. The third-order valence-electron chi connectivity index (χ3n) is 3.40. The molecule has 1 aromatic heterocycles. The number of nitrogens with one attached hydrogen (secondary N) is 1. The van der Waals surface area contributed by atoms with Crippen molar-refractivity contribution in [3.63, 3.8) is 0 Å². The van der Waals surface area contributed by atoms with Crippen LogP contribution in [0.4, 0.5) is 0 Å². The van der Waals surface area contributed by atoms with Gasteiger partial charge in [-0.3, -0.25) is 4.79 Å². The Bertz CT molecular complexity index is 767. The molecule has 1 aromatic carbocycles. The van der Waals surface area contributed by atoms with Crippen LogP contribution in [0.15, 0.2) is 46.7 Å². The predicted octanol–water partition coefficient (Wildman–Crippen LogP) is 3.05. The zero-order valence-electron chi connectivity index (χ0n) is 12.9. The van der Waals surface area contributed by atoms with Gasteiger partial charge in [0.15, 0.2) is 0 Å². The molecule has 0 saturated carbocycles. The smallest absolute Gasteiger partial charge is 0.307 e. The van der Waals surface area contributed by atoms with Crippen LogP contribution < -0.4 is 4.72 Å². The summed E-state index contributed by atoms with van der Waals surface area (Å²) >= 11 is 1.49. The highest BCUT2D eigenvalue weighted by atomic mass is 32.2. The molecule has 0 saturated heterocycles. The lowest BCUT2D eigenvalue weighted by atomic mass is 10.0. The van der Waals surface area contributed by atoms with Crippen molar-refractivity contribution in [2.24, 2.45) is 5.92 Å². The lowest BCUT2D eigenvalue weighted by Gasteiger charge is -2.22. The Morgan fingerprint density at radius 1 is 1.22 bits per heavy atom. The fourth-order valence-corrected chi connectivity index (χ4v) is 4.92. The van der Waals surface area contributed by atoms with Gasteiger partial charge in [-0.1, -0.05) is 38.1 Å². The number of rotatable bonds is 7. The third-order valence-corrected chi connectivity index (χ3v) is 5.90. The quantitative estimate of drug-likeness (QED) is 0.801. The SMILES string of the molecule is CC(C)C(NS(=O)(=O)c1ccccc1CC(=O)O)c1cccs1. The molecule has 7 heteroatoms. The van der Waals surface area contributed by atoms with Gasteiger partial charge in [0.2, 0.25) is 10.0 Å². The highest BCUT2D eigenvalue weighted by Gasteiger charge is 2.26. The van der Waals surface area contributed by atoms with E-state index >= 15 is 0 Å². The average molecular weight is 353 g/mol. The molecule has 23 heavy (non-hydrogen) atoms. The molecule has 2 rings (SSSR count). The number of thiophene rings is 1. The molecule has 1 heterocycles. The highest BCUT2D eigenvalue weighted by molar-refractivity contribution is 7.89. The third kappa shape index (κ3) is 4.40. The van der Waals surface area contributed by atoms with Gasteiger partial charge in [0.1, 0.15) is 0 Å². The summed E-state index contributed by atoms with van der Waals surface area (Å²) in [6.07, 6.45) is -0.331. The van der Waals surface area contributed by atoms with E-state index in [-0.39, 0.29) is 28.8 Å². The fourth-order valence-electron chi connectivity index (χ4n) is 2.30. The van der Waals surface area contributed by atoms with Gasteiger partial charge >= 0.3 is 5.97 Å². The Kier molecular flexibility index (Phi) is 5.56. The van der Waals surface area contributed by atoms with Crippen molar-refractivity contribution in [2.75, 3.05) is 0 Å². The van der Waals surface area contributed by atoms with Crippen molar-refractivity contribution in [1.29, 1.82) is 0 Å². The Morgan fingerprint density at radius 2 is 1.91 bits per heavy atom. The largest absolute Gasteiger partial charge is 0.481 e. The normalized spacial score (nSPS) is 13.2.